The summed E-state index contributed by atoms with van der Waals surface area (Å²) in [5.41, 5.74) is -0.459. The lowest BCUT2D eigenvalue weighted by molar-refractivity contribution is -0.192. The van der Waals surface area contributed by atoms with Gasteiger partial charge in [-0.05, 0) is 109 Å². The van der Waals surface area contributed by atoms with Crippen molar-refractivity contribution in [3.05, 3.63) is 39.8 Å². The summed E-state index contributed by atoms with van der Waals surface area (Å²) in [7, 11) is 5.32. The summed E-state index contributed by atoms with van der Waals surface area (Å²) in [4.78, 5) is 183. The van der Waals surface area contributed by atoms with Crippen molar-refractivity contribution < 1.29 is 101 Å². The molecule has 8 atom stereocenters. The van der Waals surface area contributed by atoms with E-state index in [1.807, 2.05) is 60.5 Å². The molecule has 1 aliphatic heterocycles. The molecule has 111 heavy (non-hydrogen) atoms. The van der Waals surface area contributed by atoms with Gasteiger partial charge in [-0.2, -0.15) is 21.4 Å². The topological polar surface area (TPSA) is 420 Å². The van der Waals surface area contributed by atoms with E-state index in [2.05, 4.69) is 43.8 Å². The number of likely N-dealkylation sites (tertiary alicyclic amines) is 1. The molecule has 1 aliphatic rings. The molecule has 31 nitrogen and oxygen atoms in total. The highest BCUT2D eigenvalue weighted by Gasteiger charge is 2.40. The zero-order chi connectivity index (χ0) is 83.0. The van der Waals surface area contributed by atoms with E-state index < -0.39 is 76.5 Å². The molecule has 0 radical (unpaired) electrons. The van der Waals surface area contributed by atoms with Gasteiger partial charge < -0.3 is 70.7 Å². The van der Waals surface area contributed by atoms with Crippen LogP contribution in [-0.2, 0) is 92.4 Å². The van der Waals surface area contributed by atoms with Crippen molar-refractivity contribution in [2.45, 2.75) is 232 Å². The van der Waals surface area contributed by atoms with Crippen molar-refractivity contribution in [2.75, 3.05) is 112 Å². The molecule has 0 bridgehead atoms. The zero-order valence-electron chi connectivity index (χ0n) is 67.6. The zero-order valence-corrected chi connectivity index (χ0v) is 69.2. The molecule has 0 saturated carbocycles. The normalized spacial score (nSPS) is 14.7. The summed E-state index contributed by atoms with van der Waals surface area (Å²) in [6.07, 6.45) is 11.5. The van der Waals surface area contributed by atoms with Gasteiger partial charge in [0.25, 0.3) is 5.91 Å². The van der Waals surface area contributed by atoms with Gasteiger partial charge in [0.15, 0.2) is 11.9 Å². The fraction of sp³-hybridized carbons (Fsp3) is 0.718. The van der Waals surface area contributed by atoms with Gasteiger partial charge >= 0.3 is 18.1 Å². The predicted octanol–water partition coefficient (Wildman–Crippen LogP) is 7.36. The summed E-state index contributed by atoms with van der Waals surface area (Å²) in [5, 5.41) is 39.3. The molecule has 2 aromatic rings. The van der Waals surface area contributed by atoms with Gasteiger partial charge in [0.2, 0.25) is 47.3 Å². The largest absolute Gasteiger partial charge is 0.506 e. The number of phenolic OH excluding ortho intramolecular Hbond substituents is 1. The molecule has 9 amide bonds. The summed E-state index contributed by atoms with van der Waals surface area (Å²) in [6, 6.07) is 1.80. The number of hydrogen-bond donors (Lipinski definition) is 8. The first-order chi connectivity index (χ1) is 52.8. The third-order valence-electron chi connectivity index (χ3n) is 19.5. The number of rotatable bonds is 59. The number of thiazole rings is 1. The Morgan fingerprint density at radius 2 is 1.30 bits per heavy atom. The van der Waals surface area contributed by atoms with E-state index in [1.54, 1.807) is 24.3 Å². The molecular weight excluding hydrogens is 1480 g/mol. The number of aromatic hydroxyl groups is 1. The molecule has 8 N–H and O–H groups in total. The van der Waals surface area contributed by atoms with Crippen LogP contribution in [0.4, 0.5) is 5.69 Å². The van der Waals surface area contributed by atoms with E-state index in [-0.39, 0.29) is 198 Å². The van der Waals surface area contributed by atoms with Crippen molar-refractivity contribution >= 4 is 106 Å². The Hall–Kier alpha value is -7.78. The van der Waals surface area contributed by atoms with Crippen LogP contribution in [0.3, 0.4) is 0 Å². The number of aliphatic carboxylic acids is 1. The molecule has 3 rings (SSSR count). The number of carboxylic acid groups (broad SMARTS) is 1. The van der Waals surface area contributed by atoms with Gasteiger partial charge in [0.1, 0.15) is 22.5 Å². The molecule has 1 aromatic carbocycles. The van der Waals surface area contributed by atoms with Crippen molar-refractivity contribution in [2.24, 2.45) is 23.7 Å². The Labute approximate surface area is 663 Å². The highest BCUT2D eigenvalue weighted by atomic mass is 32.2. The lowest BCUT2D eigenvalue weighted by atomic mass is 9.81. The van der Waals surface area contributed by atoms with Crippen LogP contribution in [0.5, 0.6) is 5.75 Å². The summed E-state index contributed by atoms with van der Waals surface area (Å²) >= 11 is 2.34. The van der Waals surface area contributed by atoms with Crippen LogP contribution in [0.1, 0.15) is 218 Å². The first-order valence-electron chi connectivity index (χ1n) is 38.8. The van der Waals surface area contributed by atoms with E-state index in [1.165, 1.54) is 75.2 Å². The third-order valence-corrected chi connectivity index (χ3v) is 21.3. The molecule has 2 heterocycles. The third kappa shape index (κ3) is 39.5. The molecule has 1 saturated heterocycles. The minimum absolute atomic E-state index is 0.00239. The fourth-order valence-electron chi connectivity index (χ4n) is 12.0. The van der Waals surface area contributed by atoms with Crippen molar-refractivity contribution in [3.8, 4) is 5.75 Å². The number of benzene rings is 1. The van der Waals surface area contributed by atoms with Crippen LogP contribution in [0.25, 0.3) is 0 Å². The smallest absolute Gasteiger partial charge is 0.373 e. The van der Waals surface area contributed by atoms with E-state index in [0.717, 1.165) is 29.1 Å². The Bertz CT molecular complexity index is 3260. The number of Topliss-reactive ketones (excluding diaryl/α,β-unsaturated/α-hetero) is 1. The SMILES string of the molecule is CCCCCCCCCC(=O)NCCOCCOCCC(=O)NCCOCCOCCC(=O)NCCCC[C@H](NC(=O)CCCN1C(=O)CC(SC)C1=O)C(=O)Nc1cc(C[C@@H](CC(C)C(=O)O)NC(=O)c2csc([C@@H](C[C@H](C(C)C)N(C)C(=O)[C@@H](CC(=O)C(C)(C)N(C)C)[C@@H](C)CC)OC(C)=O)n2)ccc1O.O=C=O. The van der Waals surface area contributed by atoms with Gasteiger partial charge in [-0.25, -0.2) is 4.98 Å². The molecule has 0 spiro atoms. The van der Waals surface area contributed by atoms with Gasteiger partial charge in [-0.1, -0.05) is 92.6 Å². The molecule has 0 aliphatic carbocycles. The van der Waals surface area contributed by atoms with Crippen LogP contribution in [-0.4, -0.2) is 242 Å². The number of ether oxygens (including phenoxy) is 5. The standard InChI is InChI=1S/C77H126N10O19S2.CO2/c1-14-16-17-18-19-20-21-26-66(91)79-33-38-104-42-41-103-37-31-68(93)80-34-39-105-43-40-102-36-30-67(92)78-32-23-22-25-58(82-69(94)27-24-35-87-70(95)49-64(107-13)75(87)99)71(96)83-59-46-55(28-29-62(59)89)45-56(44-53(6)76(100)101)81-72(97)60-50-108-73(84-60)63(106-54(7)88)48-61(51(3)4)86(12)74(98)57(52(5)15-2)47-65(90)77(8,9)85(10)11;2-1-3/h28-29,46,50-53,56-58,61,63-64,89H,14-27,30-45,47-49H2,1-13H3,(H,78,92)(H,79,91)(H,80,93)(H,81,97)(H,82,94)(H,83,96)(H,100,101);/t52-,53?,56+,57-,58-,61+,63+,64?;/m0./s1. The summed E-state index contributed by atoms with van der Waals surface area (Å²) < 4.78 is 27.9. The molecule has 2 unspecified atom stereocenters. The average Bonchev–Trinajstić information content (AvgIpc) is 1.72. The number of carbonyl (C=O) groups is 12. The first-order valence-corrected chi connectivity index (χ1v) is 41.0. The van der Waals surface area contributed by atoms with Gasteiger partial charge in [0.05, 0.1) is 75.2 Å². The maximum Gasteiger partial charge on any atom is 0.373 e. The maximum absolute atomic E-state index is 14.5. The number of phenols is 1. The maximum atomic E-state index is 14.5. The summed E-state index contributed by atoms with van der Waals surface area (Å²) in [5.74, 6) is -7.25. The van der Waals surface area contributed by atoms with Crippen molar-refractivity contribution in [1.82, 2.24) is 46.3 Å². The minimum Gasteiger partial charge on any atom is -0.506 e. The van der Waals surface area contributed by atoms with Gasteiger partial charge in [-0.3, -0.25) is 67.3 Å². The monoisotopic (exact) mass is 1600 g/mol. The molecule has 626 valence electrons. The Balaban J connectivity index is 0.0000137. The van der Waals surface area contributed by atoms with Crippen LogP contribution >= 0.6 is 23.1 Å². The van der Waals surface area contributed by atoms with E-state index in [4.69, 9.17) is 33.3 Å². The van der Waals surface area contributed by atoms with E-state index >= 15 is 0 Å². The van der Waals surface area contributed by atoms with E-state index in [9.17, 15) is 67.7 Å². The fourth-order valence-corrected chi connectivity index (χ4v) is 13.5. The van der Waals surface area contributed by atoms with Crippen LogP contribution in [0.2, 0.25) is 0 Å². The molecule has 33 heteroatoms. The second-order valence-electron chi connectivity index (χ2n) is 28.9. The second-order valence-corrected chi connectivity index (χ2v) is 30.8. The number of likely N-dealkylation sites (N-methyl/N-ethyl adjacent to an activating group) is 1. The highest BCUT2D eigenvalue weighted by Crippen LogP contribution is 2.34. The minimum atomic E-state index is -1.17. The number of thioether (sulfide) groups is 1. The number of carbonyl (C=O) groups excluding carboxylic acids is 13. The summed E-state index contributed by atoms with van der Waals surface area (Å²) in [6.45, 7) is 19.4. The number of carboxylic acids is 1. The van der Waals surface area contributed by atoms with Gasteiger partial charge in [-0.15, -0.1) is 11.3 Å². The number of imide groups is 1. The Morgan fingerprint density at radius 1 is 0.730 bits per heavy atom. The lowest BCUT2D eigenvalue weighted by Crippen LogP contribution is -2.50. The molecular formula is C78H126N10O21S2. The average molecular weight is 1600 g/mol. The quantitative estimate of drug-likeness (QED) is 0.0139. The number of ketones is 1. The van der Waals surface area contributed by atoms with E-state index in [0.29, 0.717) is 57.6 Å². The predicted molar refractivity (Wildman–Crippen MR) is 419 cm³/mol. The lowest BCUT2D eigenvalue weighted by Gasteiger charge is -2.38. The number of amides is 9. The number of unbranched alkanes of at least 4 members (excludes halogenated alkanes) is 7. The van der Waals surface area contributed by atoms with Crippen LogP contribution in [0, 0.1) is 23.7 Å². The number of hydrogen-bond acceptors (Lipinski definition) is 24. The molecule has 1 fully saturated rings. The number of nitrogens with one attached hydrogen (secondary N) is 6. The highest BCUT2D eigenvalue weighted by molar-refractivity contribution is 8.00. The Kier molecular flexibility index (Phi) is 49.8. The number of anilines is 1. The van der Waals surface area contributed by atoms with Crippen LogP contribution in [0.15, 0.2) is 23.6 Å². The first kappa shape index (κ1) is 99.3. The van der Waals surface area contributed by atoms with Crippen LogP contribution < -0.4 is 31.9 Å². The number of nitrogens with zero attached hydrogens (tertiary/aromatic N) is 4. The van der Waals surface area contributed by atoms with Crippen molar-refractivity contribution in [1.29, 1.82) is 0 Å². The number of esters is 1. The second kappa shape index (κ2) is 55.6. The Morgan fingerprint density at radius 3 is 1.85 bits per heavy atom. The van der Waals surface area contributed by atoms with Gasteiger partial charge in [0, 0.05) is 108 Å². The molecule has 1 aromatic heterocycles. The number of aromatic nitrogens is 1. The van der Waals surface area contributed by atoms with Crippen molar-refractivity contribution in [3.63, 3.8) is 0 Å².